The van der Waals surface area contributed by atoms with Crippen molar-refractivity contribution >= 4 is 35.1 Å². The van der Waals surface area contributed by atoms with Gasteiger partial charge in [0, 0.05) is 4.90 Å². The highest BCUT2D eigenvalue weighted by atomic mass is 32.2. The Hall–Kier alpha value is -2.32. The third-order valence-electron chi connectivity index (χ3n) is 4.47. The molecule has 2 heterocycles. The van der Waals surface area contributed by atoms with E-state index in [9.17, 15) is 14.0 Å². The number of aromatic nitrogens is 2. The van der Waals surface area contributed by atoms with Crippen LogP contribution >= 0.6 is 23.5 Å². The van der Waals surface area contributed by atoms with Gasteiger partial charge in [-0.2, -0.15) is 4.98 Å². The molecule has 5 nitrogen and oxygen atoms in total. The van der Waals surface area contributed by atoms with E-state index in [1.807, 2.05) is 42.5 Å². The lowest BCUT2D eigenvalue weighted by atomic mass is 10.0. The van der Waals surface area contributed by atoms with Gasteiger partial charge in [-0.25, -0.2) is 9.18 Å². The van der Waals surface area contributed by atoms with Gasteiger partial charge in [-0.05, 0) is 18.4 Å². The molecule has 1 aliphatic carbocycles. The van der Waals surface area contributed by atoms with Crippen LogP contribution in [0.4, 0.5) is 10.1 Å². The molecule has 2 atom stereocenters. The molecule has 0 saturated carbocycles. The molecule has 27 heavy (non-hydrogen) atoms. The number of hydrogen-bond donors (Lipinski definition) is 0. The van der Waals surface area contributed by atoms with E-state index in [-0.39, 0.29) is 28.8 Å². The highest BCUT2D eigenvalue weighted by molar-refractivity contribution is 8.00. The Balaban J connectivity index is 1.75. The Kier molecular flexibility index (Phi) is 4.92. The van der Waals surface area contributed by atoms with Crippen LogP contribution in [-0.2, 0) is 11.3 Å². The van der Waals surface area contributed by atoms with E-state index < -0.39 is 11.5 Å². The molecular formula is C19H16FN3O2S2. The molecule has 2 aliphatic rings. The van der Waals surface area contributed by atoms with Crippen molar-refractivity contribution in [3.8, 4) is 0 Å². The van der Waals surface area contributed by atoms with Crippen molar-refractivity contribution in [2.24, 2.45) is 0 Å². The predicted molar refractivity (Wildman–Crippen MR) is 106 cm³/mol. The number of nitrogens with zero attached hydrogens (tertiary/aromatic N) is 3. The predicted octanol–water partition coefficient (Wildman–Crippen LogP) is 3.11. The second kappa shape index (κ2) is 7.36. The number of carbonyl (C=O) groups is 1. The average molecular weight is 401 g/mol. The summed E-state index contributed by atoms with van der Waals surface area (Å²) in [6, 6.07) is 7.53. The summed E-state index contributed by atoms with van der Waals surface area (Å²) < 4.78 is 15.1. The van der Waals surface area contributed by atoms with Gasteiger partial charge in [0.05, 0.1) is 23.2 Å². The van der Waals surface area contributed by atoms with Crippen molar-refractivity contribution in [2.75, 3.05) is 11.2 Å². The van der Waals surface area contributed by atoms with Gasteiger partial charge in [0.1, 0.15) is 11.6 Å². The number of halogens is 1. The summed E-state index contributed by atoms with van der Waals surface area (Å²) in [5, 5.41) is 0.204. The van der Waals surface area contributed by atoms with Crippen LogP contribution in [0.15, 0.2) is 69.5 Å². The normalized spacial score (nSPS) is 20.3. The quantitative estimate of drug-likeness (QED) is 0.584. The number of benzene rings is 1. The van der Waals surface area contributed by atoms with Gasteiger partial charge < -0.3 is 4.90 Å². The molecule has 2 aromatic rings. The third kappa shape index (κ3) is 3.23. The molecule has 1 aromatic heterocycles. The fraction of sp³-hybridized carbons (Fsp3) is 0.211. The lowest BCUT2D eigenvalue weighted by Crippen LogP contribution is -2.49. The molecule has 0 fully saturated rings. The molecule has 4 rings (SSSR count). The number of amides is 1. The molecule has 0 radical (unpaired) electrons. The zero-order chi connectivity index (χ0) is 19.0. The maximum Gasteiger partial charge on any atom is 0.349 e. The average Bonchev–Trinajstić information content (AvgIpc) is 2.69. The van der Waals surface area contributed by atoms with Crippen LogP contribution in [0.25, 0.3) is 0 Å². The summed E-state index contributed by atoms with van der Waals surface area (Å²) in [5.41, 5.74) is 0.168. The summed E-state index contributed by atoms with van der Waals surface area (Å²) in [4.78, 5) is 31.7. The molecule has 1 aliphatic heterocycles. The standard InChI is InChI=1S/C19H16FN3O2S2/c1-26-18-12(20)10-21-19(25)22(18)11-17(24)23-13-6-2-4-8-15(13)27-16-9-5-3-7-14(16)23/h2-10,13,15H,11H2,1H3/t13-,15+/m0/s1. The van der Waals surface area contributed by atoms with Gasteiger partial charge in [-0.15, -0.1) is 23.5 Å². The van der Waals surface area contributed by atoms with E-state index in [1.165, 1.54) is 0 Å². The lowest BCUT2D eigenvalue weighted by molar-refractivity contribution is -0.119. The number of rotatable bonds is 3. The Morgan fingerprint density at radius 2 is 2.07 bits per heavy atom. The first kappa shape index (κ1) is 18.1. The highest BCUT2D eigenvalue weighted by Gasteiger charge is 2.36. The molecule has 0 N–H and O–H groups in total. The van der Waals surface area contributed by atoms with Gasteiger partial charge in [-0.1, -0.05) is 36.4 Å². The second-order valence-corrected chi connectivity index (χ2v) is 8.07. The fourth-order valence-electron chi connectivity index (χ4n) is 3.29. The number of fused-ring (bicyclic) bond motifs is 2. The Morgan fingerprint density at radius 1 is 1.30 bits per heavy atom. The zero-order valence-electron chi connectivity index (χ0n) is 14.4. The second-order valence-electron chi connectivity index (χ2n) is 6.06. The minimum atomic E-state index is -0.635. The largest absolute Gasteiger partial charge is 0.349 e. The maximum atomic E-state index is 14.0. The van der Waals surface area contributed by atoms with Crippen molar-refractivity contribution in [2.45, 2.75) is 27.8 Å². The van der Waals surface area contributed by atoms with E-state index in [4.69, 9.17) is 0 Å². The minimum absolute atomic E-state index is 0.0937. The van der Waals surface area contributed by atoms with Crippen molar-refractivity contribution in [3.63, 3.8) is 0 Å². The van der Waals surface area contributed by atoms with Crippen LogP contribution in [0.2, 0.25) is 0 Å². The van der Waals surface area contributed by atoms with Gasteiger partial charge in [0.15, 0.2) is 5.82 Å². The van der Waals surface area contributed by atoms with Gasteiger partial charge >= 0.3 is 5.69 Å². The molecule has 138 valence electrons. The van der Waals surface area contributed by atoms with E-state index in [0.29, 0.717) is 0 Å². The summed E-state index contributed by atoms with van der Waals surface area (Å²) in [6.07, 6.45) is 10.5. The highest BCUT2D eigenvalue weighted by Crippen LogP contribution is 2.43. The molecule has 8 heteroatoms. The van der Waals surface area contributed by atoms with Crippen molar-refractivity contribution in [1.29, 1.82) is 0 Å². The molecule has 0 bridgehead atoms. The number of hydrogen-bond acceptors (Lipinski definition) is 5. The number of carbonyl (C=O) groups excluding carboxylic acids is 1. The van der Waals surface area contributed by atoms with Crippen molar-refractivity contribution in [3.05, 3.63) is 71.1 Å². The molecule has 0 unspecified atom stereocenters. The SMILES string of the molecule is CSc1c(F)cnc(=O)n1CC(=O)N1c2ccccc2S[C@@H]2C=CC=C[C@@H]21. The monoisotopic (exact) mass is 401 g/mol. The summed E-state index contributed by atoms with van der Waals surface area (Å²) >= 11 is 2.79. The molecule has 0 spiro atoms. The van der Waals surface area contributed by atoms with Crippen LogP contribution in [0.3, 0.4) is 0 Å². The van der Waals surface area contributed by atoms with Crippen LogP contribution in [-0.4, -0.2) is 33.0 Å². The maximum absolute atomic E-state index is 14.0. The van der Waals surface area contributed by atoms with Gasteiger partial charge in [0.2, 0.25) is 5.91 Å². The first-order valence-electron chi connectivity index (χ1n) is 8.32. The first-order chi connectivity index (χ1) is 13.1. The summed E-state index contributed by atoms with van der Waals surface area (Å²) in [7, 11) is 0. The number of anilines is 1. The van der Waals surface area contributed by atoms with Crippen LogP contribution in [0, 0.1) is 5.82 Å². The van der Waals surface area contributed by atoms with Crippen molar-refractivity contribution in [1.82, 2.24) is 9.55 Å². The minimum Gasteiger partial charge on any atom is -0.301 e. The van der Waals surface area contributed by atoms with Crippen LogP contribution < -0.4 is 10.6 Å². The van der Waals surface area contributed by atoms with Crippen LogP contribution in [0.5, 0.6) is 0 Å². The first-order valence-corrected chi connectivity index (χ1v) is 10.4. The van der Waals surface area contributed by atoms with Crippen LogP contribution in [0.1, 0.15) is 0 Å². The number of thioether (sulfide) groups is 2. The summed E-state index contributed by atoms with van der Waals surface area (Å²) in [6.45, 7) is -0.264. The number of para-hydroxylation sites is 1. The van der Waals surface area contributed by atoms with Gasteiger partial charge in [-0.3, -0.25) is 9.36 Å². The van der Waals surface area contributed by atoms with E-state index in [0.717, 1.165) is 33.1 Å². The van der Waals surface area contributed by atoms with E-state index in [1.54, 1.807) is 22.9 Å². The van der Waals surface area contributed by atoms with Gasteiger partial charge in [0.25, 0.3) is 0 Å². The summed E-state index contributed by atoms with van der Waals surface area (Å²) in [5.74, 6) is -0.884. The Labute approximate surface area is 164 Å². The number of allylic oxidation sites excluding steroid dienone is 2. The topological polar surface area (TPSA) is 55.2 Å². The zero-order valence-corrected chi connectivity index (χ0v) is 16.0. The lowest BCUT2D eigenvalue weighted by Gasteiger charge is -2.40. The Morgan fingerprint density at radius 3 is 2.89 bits per heavy atom. The van der Waals surface area contributed by atoms with Crippen molar-refractivity contribution < 1.29 is 9.18 Å². The Bertz CT molecular complexity index is 1020. The fourth-order valence-corrected chi connectivity index (χ4v) is 5.16. The molecule has 0 saturated heterocycles. The third-order valence-corrected chi connectivity index (χ3v) is 6.58. The smallest absolute Gasteiger partial charge is 0.301 e. The molecule has 1 amide bonds. The van der Waals surface area contributed by atoms with E-state index >= 15 is 0 Å². The molecular weight excluding hydrogens is 385 g/mol. The molecule has 1 aromatic carbocycles. The van der Waals surface area contributed by atoms with E-state index in [2.05, 4.69) is 11.1 Å².